The van der Waals surface area contributed by atoms with Crippen molar-refractivity contribution in [2.75, 3.05) is 18.9 Å². The third-order valence-electron chi connectivity index (χ3n) is 4.01. The Morgan fingerprint density at radius 2 is 1.79 bits per heavy atom. The van der Waals surface area contributed by atoms with Gasteiger partial charge in [0.15, 0.2) is 0 Å². The van der Waals surface area contributed by atoms with Crippen molar-refractivity contribution in [3.63, 3.8) is 0 Å². The zero-order valence-electron chi connectivity index (χ0n) is 16.3. The van der Waals surface area contributed by atoms with Crippen LogP contribution in [0.15, 0.2) is 39.2 Å². The SMILES string of the molecule is COc1ccc(NS(=O)(=O)c2cc(-c3nc(C(C)(C)C)cs3)cs2)c(OC)c1. The van der Waals surface area contributed by atoms with Crippen LogP contribution in [0.1, 0.15) is 26.5 Å². The maximum Gasteiger partial charge on any atom is 0.271 e. The van der Waals surface area contributed by atoms with Gasteiger partial charge >= 0.3 is 0 Å². The molecule has 3 aromatic rings. The van der Waals surface area contributed by atoms with Crippen LogP contribution in [0.4, 0.5) is 5.69 Å². The van der Waals surface area contributed by atoms with E-state index in [-0.39, 0.29) is 9.62 Å². The molecule has 6 nitrogen and oxygen atoms in total. The molecular formula is C19H22N2O4S3. The van der Waals surface area contributed by atoms with E-state index in [1.165, 1.54) is 25.6 Å². The first-order valence-corrected chi connectivity index (χ1v) is 11.7. The number of methoxy groups -OCH3 is 2. The second-order valence-corrected chi connectivity index (χ2v) is 10.8. The van der Waals surface area contributed by atoms with Crippen molar-refractivity contribution in [3.8, 4) is 22.1 Å². The molecule has 0 saturated heterocycles. The van der Waals surface area contributed by atoms with Gasteiger partial charge in [0.2, 0.25) is 0 Å². The smallest absolute Gasteiger partial charge is 0.271 e. The summed E-state index contributed by atoms with van der Waals surface area (Å²) < 4.78 is 38.9. The molecule has 0 fully saturated rings. The van der Waals surface area contributed by atoms with Gasteiger partial charge in [-0.2, -0.15) is 0 Å². The van der Waals surface area contributed by atoms with E-state index in [0.717, 1.165) is 27.6 Å². The first kappa shape index (κ1) is 20.6. The highest BCUT2D eigenvalue weighted by molar-refractivity contribution is 7.94. The molecule has 0 saturated carbocycles. The Hall–Kier alpha value is -2.10. The summed E-state index contributed by atoms with van der Waals surface area (Å²) in [6, 6.07) is 6.56. The number of thiophene rings is 1. The number of nitrogens with zero attached hydrogens (tertiary/aromatic N) is 1. The molecule has 150 valence electrons. The highest BCUT2D eigenvalue weighted by Crippen LogP contribution is 2.35. The average molecular weight is 439 g/mol. The van der Waals surface area contributed by atoms with Crippen LogP contribution in [-0.4, -0.2) is 27.6 Å². The number of ether oxygens (including phenoxy) is 2. The number of benzene rings is 1. The highest BCUT2D eigenvalue weighted by Gasteiger charge is 2.22. The van der Waals surface area contributed by atoms with Gasteiger partial charge in [-0.25, -0.2) is 13.4 Å². The topological polar surface area (TPSA) is 77.5 Å². The molecule has 0 unspecified atom stereocenters. The lowest BCUT2D eigenvalue weighted by Gasteiger charge is -2.14. The molecular weight excluding hydrogens is 416 g/mol. The Bertz CT molecular complexity index is 1080. The Labute approximate surface area is 173 Å². The minimum absolute atomic E-state index is 0.0495. The molecule has 0 bridgehead atoms. The van der Waals surface area contributed by atoms with Crippen molar-refractivity contribution in [1.29, 1.82) is 0 Å². The van der Waals surface area contributed by atoms with Gasteiger partial charge in [0.1, 0.15) is 20.7 Å². The lowest BCUT2D eigenvalue weighted by molar-refractivity contribution is 0.395. The molecule has 0 aliphatic rings. The second kappa shape index (κ2) is 7.73. The van der Waals surface area contributed by atoms with Crippen LogP contribution in [0.25, 0.3) is 10.6 Å². The summed E-state index contributed by atoms with van der Waals surface area (Å²) >= 11 is 2.67. The Kier molecular flexibility index (Phi) is 5.69. The minimum Gasteiger partial charge on any atom is -0.497 e. The van der Waals surface area contributed by atoms with E-state index in [9.17, 15) is 8.42 Å². The third kappa shape index (κ3) is 4.31. The van der Waals surface area contributed by atoms with Crippen molar-refractivity contribution < 1.29 is 17.9 Å². The summed E-state index contributed by atoms with van der Waals surface area (Å²) in [7, 11) is -0.735. The number of nitrogens with one attached hydrogen (secondary N) is 1. The fourth-order valence-electron chi connectivity index (χ4n) is 2.40. The maximum absolute atomic E-state index is 12.8. The van der Waals surface area contributed by atoms with Gasteiger partial charge in [0.25, 0.3) is 10.0 Å². The predicted molar refractivity (Wildman–Crippen MR) is 114 cm³/mol. The van der Waals surface area contributed by atoms with Crippen molar-refractivity contribution in [2.24, 2.45) is 0 Å². The Morgan fingerprint density at radius 1 is 1.04 bits per heavy atom. The van der Waals surface area contributed by atoms with E-state index in [1.807, 2.05) is 10.8 Å². The van der Waals surface area contributed by atoms with Crippen LogP contribution in [0.5, 0.6) is 11.5 Å². The standard InChI is InChI=1S/C19H22N2O4S3/c1-19(2,3)16-11-27-18(20-16)12-8-17(26-10-12)28(22,23)21-14-7-6-13(24-4)9-15(14)25-5/h6-11,21H,1-5H3. The number of thiazole rings is 1. The average Bonchev–Trinajstić information content (AvgIpc) is 3.31. The number of hydrogen-bond donors (Lipinski definition) is 1. The molecule has 2 heterocycles. The van der Waals surface area contributed by atoms with Crippen molar-refractivity contribution in [2.45, 2.75) is 30.4 Å². The minimum atomic E-state index is -3.75. The van der Waals surface area contributed by atoms with Crippen LogP contribution in [-0.2, 0) is 15.4 Å². The van der Waals surface area contributed by atoms with Crippen LogP contribution in [0.2, 0.25) is 0 Å². The van der Waals surface area contributed by atoms with E-state index in [2.05, 4.69) is 30.5 Å². The fourth-order valence-corrected chi connectivity index (χ4v) is 5.74. The lowest BCUT2D eigenvalue weighted by atomic mass is 9.93. The number of aromatic nitrogens is 1. The highest BCUT2D eigenvalue weighted by atomic mass is 32.2. The zero-order chi connectivity index (χ0) is 20.5. The summed E-state index contributed by atoms with van der Waals surface area (Å²) in [5, 5.41) is 4.64. The van der Waals surface area contributed by atoms with Crippen LogP contribution >= 0.6 is 22.7 Å². The van der Waals surface area contributed by atoms with Crippen molar-refractivity contribution >= 4 is 38.4 Å². The van der Waals surface area contributed by atoms with Crippen LogP contribution < -0.4 is 14.2 Å². The van der Waals surface area contributed by atoms with Crippen LogP contribution in [0, 0.1) is 0 Å². The molecule has 0 radical (unpaired) electrons. The molecule has 0 spiro atoms. The lowest BCUT2D eigenvalue weighted by Crippen LogP contribution is -2.12. The van der Waals surface area contributed by atoms with Gasteiger partial charge in [-0.1, -0.05) is 20.8 Å². The largest absolute Gasteiger partial charge is 0.497 e. The maximum atomic E-state index is 12.8. The van der Waals surface area contributed by atoms with Gasteiger partial charge in [0.05, 0.1) is 25.6 Å². The number of rotatable bonds is 6. The number of anilines is 1. The molecule has 2 aromatic heterocycles. The van der Waals surface area contributed by atoms with E-state index in [0.29, 0.717) is 17.2 Å². The van der Waals surface area contributed by atoms with Crippen LogP contribution in [0.3, 0.4) is 0 Å². The molecule has 1 aromatic carbocycles. The molecule has 0 atom stereocenters. The van der Waals surface area contributed by atoms with Crippen molar-refractivity contribution in [3.05, 3.63) is 40.7 Å². The van der Waals surface area contributed by atoms with E-state index < -0.39 is 10.0 Å². The zero-order valence-corrected chi connectivity index (χ0v) is 18.7. The monoisotopic (exact) mass is 438 g/mol. The molecule has 0 amide bonds. The van der Waals surface area contributed by atoms with Gasteiger partial charge in [0, 0.05) is 27.8 Å². The summed E-state index contributed by atoms with van der Waals surface area (Å²) in [4.78, 5) is 4.65. The van der Waals surface area contributed by atoms with Gasteiger partial charge < -0.3 is 9.47 Å². The number of sulfonamides is 1. The first-order valence-electron chi connectivity index (χ1n) is 8.44. The summed E-state index contributed by atoms with van der Waals surface area (Å²) in [5.74, 6) is 0.964. The van der Waals surface area contributed by atoms with E-state index >= 15 is 0 Å². The molecule has 0 aliphatic heterocycles. The quantitative estimate of drug-likeness (QED) is 0.587. The van der Waals surface area contributed by atoms with Crippen molar-refractivity contribution in [1.82, 2.24) is 4.98 Å². The Balaban J connectivity index is 1.87. The fraction of sp³-hybridized carbons (Fsp3) is 0.316. The summed E-state index contributed by atoms with van der Waals surface area (Å²) in [6.07, 6.45) is 0. The number of hydrogen-bond acceptors (Lipinski definition) is 7. The third-order valence-corrected chi connectivity index (χ3v) is 7.71. The van der Waals surface area contributed by atoms with Gasteiger partial charge in [-0.05, 0) is 18.2 Å². The molecule has 28 heavy (non-hydrogen) atoms. The first-order chi connectivity index (χ1) is 13.1. The summed E-state index contributed by atoms with van der Waals surface area (Å²) in [5.41, 5.74) is 2.09. The second-order valence-electron chi connectivity index (χ2n) is 7.11. The molecule has 3 rings (SSSR count). The van der Waals surface area contributed by atoms with Gasteiger partial charge in [-0.3, -0.25) is 4.72 Å². The predicted octanol–water partition coefficient (Wildman–Crippen LogP) is 4.99. The normalized spacial score (nSPS) is 12.0. The molecule has 0 aliphatic carbocycles. The van der Waals surface area contributed by atoms with Gasteiger partial charge in [-0.15, -0.1) is 22.7 Å². The van der Waals surface area contributed by atoms with E-state index in [1.54, 1.807) is 24.3 Å². The summed E-state index contributed by atoms with van der Waals surface area (Å²) in [6.45, 7) is 6.30. The molecule has 1 N–H and O–H groups in total. The van der Waals surface area contributed by atoms with E-state index in [4.69, 9.17) is 9.47 Å². The Morgan fingerprint density at radius 3 is 2.39 bits per heavy atom. The molecule has 9 heteroatoms.